The van der Waals surface area contributed by atoms with Gasteiger partial charge in [0.25, 0.3) is 0 Å². The van der Waals surface area contributed by atoms with E-state index in [1.165, 1.54) is 0 Å². The number of esters is 1. The van der Waals surface area contributed by atoms with Crippen LogP contribution in [0.3, 0.4) is 0 Å². The smallest absolute Gasteiger partial charge is 0.309 e. The number of carbonyl (C=O) groups excluding carboxylic acids is 2. The summed E-state index contributed by atoms with van der Waals surface area (Å²) in [6.07, 6.45) is 1.29. The highest BCUT2D eigenvalue weighted by atomic mass is 16.6. The lowest BCUT2D eigenvalue weighted by atomic mass is 9.45. The fraction of sp³-hybridized carbons (Fsp3) is 0.862. The van der Waals surface area contributed by atoms with Crippen molar-refractivity contribution in [2.45, 2.75) is 115 Å². The van der Waals surface area contributed by atoms with E-state index in [4.69, 9.17) is 4.74 Å². The van der Waals surface area contributed by atoms with Gasteiger partial charge in [-0.3, -0.25) is 9.59 Å². The number of allylic oxidation sites excluding steroid dienone is 1. The number of ketones is 1. The summed E-state index contributed by atoms with van der Waals surface area (Å²) in [5.41, 5.74) is -3.37. The van der Waals surface area contributed by atoms with Crippen LogP contribution in [0.2, 0.25) is 0 Å². The summed E-state index contributed by atoms with van der Waals surface area (Å²) in [6.45, 7) is 9.07. The number of rotatable bonds is 3. The molecule has 4 aliphatic carbocycles. The van der Waals surface area contributed by atoms with E-state index < -0.39 is 70.2 Å². The number of ether oxygens (including phenoxy) is 1. The lowest BCUT2D eigenvalue weighted by Crippen LogP contribution is -2.63. The molecule has 0 spiro atoms. The van der Waals surface area contributed by atoms with Crippen LogP contribution in [0.4, 0.5) is 0 Å². The molecule has 0 aromatic heterocycles. The van der Waals surface area contributed by atoms with E-state index in [-0.39, 0.29) is 24.0 Å². The predicted octanol–water partition coefficient (Wildman–Crippen LogP) is 1.89. The van der Waals surface area contributed by atoms with Crippen LogP contribution in [0.1, 0.15) is 79.6 Å². The normalized spacial score (nSPS) is 52.2. The third-order valence-electron chi connectivity index (χ3n) is 11.9. The highest BCUT2D eigenvalue weighted by Gasteiger charge is 2.69. The second-order valence-electron chi connectivity index (χ2n) is 13.7. The van der Waals surface area contributed by atoms with Gasteiger partial charge in [-0.05, 0) is 87.7 Å². The molecule has 1 aliphatic heterocycles. The molecule has 4 fully saturated rings. The van der Waals surface area contributed by atoms with Crippen LogP contribution >= 0.6 is 0 Å². The Labute approximate surface area is 219 Å². The monoisotopic (exact) mass is 520 g/mol. The molecule has 0 bridgehead atoms. The van der Waals surface area contributed by atoms with E-state index in [0.717, 1.165) is 0 Å². The van der Waals surface area contributed by atoms with Gasteiger partial charge in [-0.2, -0.15) is 0 Å². The van der Waals surface area contributed by atoms with Crippen molar-refractivity contribution in [3.63, 3.8) is 0 Å². The Kier molecular flexibility index (Phi) is 6.33. The van der Waals surface area contributed by atoms with E-state index >= 15 is 0 Å². The molecular weight excluding hydrogens is 476 g/mol. The lowest BCUT2D eigenvalue weighted by molar-refractivity contribution is -0.210. The summed E-state index contributed by atoms with van der Waals surface area (Å²) in [6, 6.07) is 0. The minimum absolute atomic E-state index is 0.105. The predicted molar refractivity (Wildman–Crippen MR) is 134 cm³/mol. The zero-order valence-electron chi connectivity index (χ0n) is 22.7. The number of fused-ring (bicyclic) bond motifs is 5. The summed E-state index contributed by atoms with van der Waals surface area (Å²) in [5, 5.41) is 55.5. The maximum atomic E-state index is 13.4. The van der Waals surface area contributed by atoms with Crippen molar-refractivity contribution in [2.75, 3.05) is 0 Å². The van der Waals surface area contributed by atoms with Crippen LogP contribution in [-0.4, -0.2) is 72.9 Å². The molecular formula is C29H44O8. The first kappa shape index (κ1) is 27.3. The number of hydrogen-bond acceptors (Lipinski definition) is 8. The number of cyclic esters (lactones) is 1. The van der Waals surface area contributed by atoms with Crippen LogP contribution in [0.5, 0.6) is 0 Å². The van der Waals surface area contributed by atoms with Crippen LogP contribution in [0, 0.1) is 40.4 Å². The van der Waals surface area contributed by atoms with Crippen LogP contribution < -0.4 is 0 Å². The van der Waals surface area contributed by atoms with E-state index in [1.807, 2.05) is 13.8 Å². The van der Waals surface area contributed by atoms with Crippen LogP contribution in [0.25, 0.3) is 0 Å². The standard InChI is InChI=1S/C29H44O8/c1-14-16(15(2)30)10-24(37-25(14)34)28(5,35)23-7-9-29(36)18-11-20(31)19-12-21(32)22(33)13-26(19,3)17(18)6-8-27(23,29)4/h11,14-17,19,21-24,30,32-33,35-36H,6-10,12-13H2,1-5H3/t14-,15-,16-,17-,19-,21+,22-,23-,24+,26+,27+,28+,29+/m0/s1. The summed E-state index contributed by atoms with van der Waals surface area (Å²) < 4.78 is 5.74. The molecule has 1 saturated heterocycles. The van der Waals surface area contributed by atoms with Gasteiger partial charge >= 0.3 is 5.97 Å². The third-order valence-corrected chi connectivity index (χ3v) is 11.9. The molecule has 1 heterocycles. The molecule has 5 aliphatic rings. The summed E-state index contributed by atoms with van der Waals surface area (Å²) in [4.78, 5) is 26.0. The number of aliphatic hydroxyl groups is 5. The average molecular weight is 521 g/mol. The molecule has 13 atom stereocenters. The van der Waals surface area contributed by atoms with E-state index in [1.54, 1.807) is 26.8 Å². The van der Waals surface area contributed by atoms with Crippen molar-refractivity contribution >= 4 is 11.8 Å². The maximum Gasteiger partial charge on any atom is 0.309 e. The summed E-state index contributed by atoms with van der Waals surface area (Å²) in [7, 11) is 0. The van der Waals surface area contributed by atoms with Crippen molar-refractivity contribution in [1.82, 2.24) is 0 Å². The van der Waals surface area contributed by atoms with E-state index in [0.29, 0.717) is 44.1 Å². The van der Waals surface area contributed by atoms with Gasteiger partial charge in [0.2, 0.25) is 0 Å². The Morgan fingerprint density at radius 2 is 1.76 bits per heavy atom. The van der Waals surface area contributed by atoms with Gasteiger partial charge < -0.3 is 30.3 Å². The largest absolute Gasteiger partial charge is 0.459 e. The Bertz CT molecular complexity index is 1000. The van der Waals surface area contributed by atoms with Crippen LogP contribution in [0.15, 0.2) is 11.6 Å². The fourth-order valence-electron chi connectivity index (χ4n) is 9.43. The molecule has 0 aromatic rings. The molecule has 37 heavy (non-hydrogen) atoms. The van der Waals surface area contributed by atoms with Crippen molar-refractivity contribution in [1.29, 1.82) is 0 Å². The first-order chi connectivity index (χ1) is 17.1. The Morgan fingerprint density at radius 3 is 2.41 bits per heavy atom. The summed E-state index contributed by atoms with van der Waals surface area (Å²) >= 11 is 0. The maximum absolute atomic E-state index is 13.4. The zero-order chi connectivity index (χ0) is 27.3. The van der Waals surface area contributed by atoms with Gasteiger partial charge in [0.05, 0.1) is 29.8 Å². The number of hydrogen-bond donors (Lipinski definition) is 5. The second kappa shape index (κ2) is 8.59. The van der Waals surface area contributed by atoms with Gasteiger partial charge in [0.1, 0.15) is 11.7 Å². The van der Waals surface area contributed by atoms with Crippen molar-refractivity contribution in [2.24, 2.45) is 40.4 Å². The van der Waals surface area contributed by atoms with E-state index in [2.05, 4.69) is 0 Å². The van der Waals surface area contributed by atoms with Crippen molar-refractivity contribution < 1.29 is 39.9 Å². The Balaban J connectivity index is 1.48. The molecule has 8 heteroatoms. The van der Waals surface area contributed by atoms with Gasteiger partial charge in [-0.1, -0.05) is 20.8 Å². The summed E-state index contributed by atoms with van der Waals surface area (Å²) in [5.74, 6) is -2.22. The average Bonchev–Trinajstić information content (AvgIpc) is 3.09. The number of aliphatic hydroxyl groups excluding tert-OH is 3. The van der Waals surface area contributed by atoms with Gasteiger partial charge in [-0.15, -0.1) is 0 Å². The molecule has 5 rings (SSSR count). The molecule has 8 nitrogen and oxygen atoms in total. The highest BCUT2D eigenvalue weighted by molar-refractivity contribution is 5.95. The molecule has 0 amide bonds. The molecule has 0 radical (unpaired) electrons. The molecule has 0 aromatic carbocycles. The minimum Gasteiger partial charge on any atom is -0.459 e. The van der Waals surface area contributed by atoms with E-state index in [9.17, 15) is 35.1 Å². The second-order valence-corrected chi connectivity index (χ2v) is 13.7. The topological polar surface area (TPSA) is 145 Å². The van der Waals surface area contributed by atoms with Crippen LogP contribution in [-0.2, 0) is 14.3 Å². The Hall–Kier alpha value is -1.32. The zero-order valence-corrected chi connectivity index (χ0v) is 22.7. The first-order valence-electron chi connectivity index (χ1n) is 14.0. The van der Waals surface area contributed by atoms with Gasteiger partial charge in [-0.25, -0.2) is 0 Å². The lowest BCUT2D eigenvalue weighted by Gasteiger charge is -2.61. The van der Waals surface area contributed by atoms with Crippen molar-refractivity contribution in [3.8, 4) is 0 Å². The quantitative estimate of drug-likeness (QED) is 0.355. The fourth-order valence-corrected chi connectivity index (χ4v) is 9.43. The highest BCUT2D eigenvalue weighted by Crippen LogP contribution is 2.68. The first-order valence-corrected chi connectivity index (χ1v) is 14.0. The minimum atomic E-state index is -1.44. The molecule has 3 saturated carbocycles. The Morgan fingerprint density at radius 1 is 1.08 bits per heavy atom. The van der Waals surface area contributed by atoms with Gasteiger partial charge in [0.15, 0.2) is 5.78 Å². The van der Waals surface area contributed by atoms with Crippen molar-refractivity contribution in [3.05, 3.63) is 11.6 Å². The number of carbonyl (C=O) groups is 2. The SMILES string of the molecule is C[C@H](O)[C@H]1C[C@H]([C@](C)(O)[C@H]2CC[C@@]3(O)C4=CC(=O)[C@@H]5C[C@@H](O)[C@@H](O)C[C@]5(C)[C@H]4CC[C@]23C)OC(=O)[C@H]1C. The van der Waals surface area contributed by atoms with Gasteiger partial charge in [0, 0.05) is 17.3 Å². The molecule has 208 valence electrons. The third kappa shape index (κ3) is 3.65. The molecule has 0 unspecified atom stereocenters. The molecule has 5 N–H and O–H groups in total.